The summed E-state index contributed by atoms with van der Waals surface area (Å²) in [5.41, 5.74) is 23.0. The molecule has 13 aromatic rings. The van der Waals surface area contributed by atoms with Gasteiger partial charge < -0.3 is 13.9 Å². The molecule has 0 unspecified atom stereocenters. The summed E-state index contributed by atoms with van der Waals surface area (Å²) in [6.45, 7) is 0. The minimum absolute atomic E-state index is 0.538. The number of anilines is 3. The van der Waals surface area contributed by atoms with Gasteiger partial charge in [-0.1, -0.05) is 182 Å². The second-order valence-corrected chi connectivity index (χ2v) is 18.7. The van der Waals surface area contributed by atoms with Crippen molar-refractivity contribution in [1.82, 2.24) is 4.57 Å². The molecule has 2 aromatic heterocycles. The predicted octanol–water partition coefficient (Wildman–Crippen LogP) is 17.8. The van der Waals surface area contributed by atoms with Gasteiger partial charge >= 0.3 is 0 Å². The number of aromatic nitrogens is 1. The van der Waals surface area contributed by atoms with E-state index in [1.165, 1.54) is 83.0 Å². The molecule has 0 radical (unpaired) electrons. The number of benzene rings is 11. The van der Waals surface area contributed by atoms with Gasteiger partial charge in [0.1, 0.15) is 11.2 Å². The molecule has 0 atom stereocenters. The van der Waals surface area contributed by atoms with Crippen LogP contribution < -0.4 is 4.90 Å². The summed E-state index contributed by atoms with van der Waals surface area (Å²) >= 11 is 0. The second-order valence-electron chi connectivity index (χ2n) is 18.7. The number of fused-ring (bicyclic) bond motifs is 16. The second kappa shape index (κ2) is 14.9. The van der Waals surface area contributed by atoms with Gasteiger partial charge in [0.2, 0.25) is 0 Å². The van der Waals surface area contributed by atoms with Crippen LogP contribution in [0.1, 0.15) is 22.3 Å². The van der Waals surface area contributed by atoms with Crippen molar-refractivity contribution >= 4 is 60.8 Å². The molecule has 15 rings (SSSR count). The molecule has 11 aromatic carbocycles. The van der Waals surface area contributed by atoms with Crippen molar-refractivity contribution in [2.75, 3.05) is 4.90 Å². The first-order valence-corrected chi connectivity index (χ1v) is 24.2. The zero-order chi connectivity index (χ0) is 45.9. The van der Waals surface area contributed by atoms with Gasteiger partial charge in [0.15, 0.2) is 0 Å². The quantitative estimate of drug-likeness (QED) is 0.166. The number of hydrogen-bond donors (Lipinski definition) is 0. The maximum atomic E-state index is 6.72. The Hall–Kier alpha value is -9.18. The van der Waals surface area contributed by atoms with E-state index < -0.39 is 5.41 Å². The fourth-order valence-corrected chi connectivity index (χ4v) is 12.4. The van der Waals surface area contributed by atoms with Gasteiger partial charge in [-0.15, -0.1) is 0 Å². The number of para-hydroxylation sites is 2. The van der Waals surface area contributed by atoms with E-state index in [0.29, 0.717) is 0 Å². The Morgan fingerprint density at radius 1 is 0.343 bits per heavy atom. The molecule has 3 heteroatoms. The van der Waals surface area contributed by atoms with Gasteiger partial charge in [0, 0.05) is 44.2 Å². The summed E-state index contributed by atoms with van der Waals surface area (Å²) in [6, 6.07) is 93.5. The van der Waals surface area contributed by atoms with Crippen molar-refractivity contribution in [3.8, 4) is 50.2 Å². The van der Waals surface area contributed by atoms with Crippen LogP contribution in [0.3, 0.4) is 0 Å². The molecule has 326 valence electrons. The first kappa shape index (κ1) is 38.9. The lowest BCUT2D eigenvalue weighted by molar-refractivity contribution is 0.669. The van der Waals surface area contributed by atoms with Crippen LogP contribution in [0.5, 0.6) is 0 Å². The predicted molar refractivity (Wildman–Crippen MR) is 290 cm³/mol. The zero-order valence-corrected chi connectivity index (χ0v) is 38.1. The summed E-state index contributed by atoms with van der Waals surface area (Å²) in [7, 11) is 0. The van der Waals surface area contributed by atoms with Crippen molar-refractivity contribution in [2.24, 2.45) is 0 Å². The molecule has 0 fully saturated rings. The number of nitrogens with zero attached hydrogens (tertiary/aromatic N) is 2. The molecule has 0 saturated carbocycles. The Bertz CT molecular complexity index is 4170. The molecule has 0 bridgehead atoms. The molecule has 1 spiro atoms. The summed E-state index contributed by atoms with van der Waals surface area (Å²) in [4.78, 5) is 2.49. The van der Waals surface area contributed by atoms with E-state index in [1.54, 1.807) is 0 Å². The summed E-state index contributed by atoms with van der Waals surface area (Å²) in [5.74, 6) is 0. The van der Waals surface area contributed by atoms with E-state index in [0.717, 1.165) is 50.3 Å². The van der Waals surface area contributed by atoms with Crippen LogP contribution in [-0.2, 0) is 5.41 Å². The van der Waals surface area contributed by atoms with Gasteiger partial charge in [0.25, 0.3) is 0 Å². The van der Waals surface area contributed by atoms with E-state index in [4.69, 9.17) is 4.42 Å². The van der Waals surface area contributed by atoms with Gasteiger partial charge in [-0.05, 0) is 134 Å². The maximum Gasteiger partial charge on any atom is 0.135 e. The average molecular weight is 891 g/mol. The Kier molecular flexibility index (Phi) is 8.28. The van der Waals surface area contributed by atoms with Gasteiger partial charge in [-0.3, -0.25) is 0 Å². The monoisotopic (exact) mass is 890 g/mol. The third-order valence-corrected chi connectivity index (χ3v) is 15.2. The first-order chi connectivity index (χ1) is 34.7. The minimum atomic E-state index is -0.538. The molecule has 2 aliphatic rings. The standard InChI is InChI=1S/C67H42N2O/c1-3-17-43(18-4-1)44-33-36-47(37-34-44)68(62-32-16-26-53-52-23-9-13-29-59(52)67(66(53)62)57-27-11-7-21-50(57)51-22-8-12-28-58(51)67)48-38-40-64-56(42-48)55-41-45(35-39-63(55)70-64)49-25-15-31-61-65(49)54-24-10-14-30-60(54)69(61)46-19-5-2-6-20-46/h1-42H. The molecule has 0 aliphatic heterocycles. The highest BCUT2D eigenvalue weighted by molar-refractivity contribution is 6.17. The lowest BCUT2D eigenvalue weighted by Gasteiger charge is -2.35. The lowest BCUT2D eigenvalue weighted by Crippen LogP contribution is -2.28. The number of rotatable bonds is 6. The summed E-state index contributed by atoms with van der Waals surface area (Å²) < 4.78 is 9.11. The highest BCUT2D eigenvalue weighted by Gasteiger charge is 2.53. The summed E-state index contributed by atoms with van der Waals surface area (Å²) in [5, 5.41) is 4.62. The minimum Gasteiger partial charge on any atom is -0.456 e. The average Bonchev–Trinajstić information content (AvgIpc) is 4.15. The molecule has 3 nitrogen and oxygen atoms in total. The van der Waals surface area contributed by atoms with Crippen molar-refractivity contribution < 1.29 is 4.42 Å². The van der Waals surface area contributed by atoms with E-state index >= 15 is 0 Å². The fraction of sp³-hybridized carbons (Fsp3) is 0.0149. The molecular weight excluding hydrogens is 849 g/mol. The maximum absolute atomic E-state index is 6.72. The highest BCUT2D eigenvalue weighted by Crippen LogP contribution is 2.65. The first-order valence-electron chi connectivity index (χ1n) is 24.2. The van der Waals surface area contributed by atoms with Gasteiger partial charge in [-0.2, -0.15) is 0 Å². The Morgan fingerprint density at radius 2 is 0.857 bits per heavy atom. The smallest absolute Gasteiger partial charge is 0.135 e. The lowest BCUT2D eigenvalue weighted by atomic mass is 9.70. The normalized spacial score (nSPS) is 13.0. The van der Waals surface area contributed by atoms with E-state index in [2.05, 4.69) is 264 Å². The molecule has 2 heterocycles. The Morgan fingerprint density at radius 3 is 1.59 bits per heavy atom. The number of furan rings is 1. The van der Waals surface area contributed by atoms with Crippen molar-refractivity contribution in [1.29, 1.82) is 0 Å². The van der Waals surface area contributed by atoms with Crippen LogP contribution in [0.4, 0.5) is 17.1 Å². The SMILES string of the molecule is c1ccc(-c2ccc(N(c3ccc4oc5ccc(-c6cccc7c6c6ccccc6n7-c6ccccc6)cc5c4c3)c3cccc4c3C3(c5ccccc5-c5ccccc53)c3ccccc3-4)cc2)cc1. The zero-order valence-electron chi connectivity index (χ0n) is 38.1. The summed E-state index contributed by atoms with van der Waals surface area (Å²) in [6.07, 6.45) is 0. The van der Waals surface area contributed by atoms with E-state index in [9.17, 15) is 0 Å². The van der Waals surface area contributed by atoms with Crippen LogP contribution in [0.25, 0.3) is 93.9 Å². The van der Waals surface area contributed by atoms with E-state index in [1.807, 2.05) is 0 Å². The molecule has 70 heavy (non-hydrogen) atoms. The van der Waals surface area contributed by atoms with Gasteiger partial charge in [0.05, 0.1) is 22.1 Å². The van der Waals surface area contributed by atoms with Gasteiger partial charge in [-0.25, -0.2) is 0 Å². The fourth-order valence-electron chi connectivity index (χ4n) is 12.4. The number of hydrogen-bond acceptors (Lipinski definition) is 2. The Labute approximate surface area is 405 Å². The topological polar surface area (TPSA) is 21.3 Å². The largest absolute Gasteiger partial charge is 0.456 e. The Balaban J connectivity index is 0.966. The molecule has 0 amide bonds. The molecule has 0 saturated heterocycles. The van der Waals surface area contributed by atoms with Crippen LogP contribution in [0, 0.1) is 0 Å². The van der Waals surface area contributed by atoms with Crippen LogP contribution in [0.2, 0.25) is 0 Å². The van der Waals surface area contributed by atoms with Crippen molar-refractivity contribution in [2.45, 2.75) is 5.41 Å². The molecule has 0 N–H and O–H groups in total. The van der Waals surface area contributed by atoms with E-state index in [-0.39, 0.29) is 0 Å². The van der Waals surface area contributed by atoms with Crippen LogP contribution >= 0.6 is 0 Å². The van der Waals surface area contributed by atoms with Crippen molar-refractivity contribution in [3.05, 3.63) is 277 Å². The third kappa shape index (κ3) is 5.40. The van der Waals surface area contributed by atoms with Crippen LogP contribution in [-0.4, -0.2) is 4.57 Å². The molecule has 2 aliphatic carbocycles. The molecular formula is C67H42N2O. The third-order valence-electron chi connectivity index (χ3n) is 15.2. The highest BCUT2D eigenvalue weighted by atomic mass is 16.3. The van der Waals surface area contributed by atoms with Crippen molar-refractivity contribution in [3.63, 3.8) is 0 Å². The van der Waals surface area contributed by atoms with Crippen LogP contribution in [0.15, 0.2) is 259 Å².